The molecule has 1 fully saturated rings. The molecule has 1 atom stereocenters. The molecular weight excluding hydrogens is 252 g/mol. The van der Waals surface area contributed by atoms with Crippen LogP contribution in [0.15, 0.2) is 30.3 Å². The molecule has 1 aliphatic carbocycles. The van der Waals surface area contributed by atoms with E-state index in [1.54, 1.807) is 4.90 Å². The zero-order chi connectivity index (χ0) is 14.4. The second-order valence-corrected chi connectivity index (χ2v) is 5.60. The molecule has 0 radical (unpaired) electrons. The number of hydrogen-bond donors (Lipinski definition) is 2. The van der Waals surface area contributed by atoms with Crippen LogP contribution in [0.25, 0.3) is 0 Å². The fraction of sp³-hybridized carbons (Fsp3) is 0.562. The van der Waals surface area contributed by atoms with Crippen LogP contribution < -0.4 is 5.32 Å². The highest BCUT2D eigenvalue weighted by Crippen LogP contribution is 2.29. The second-order valence-electron chi connectivity index (χ2n) is 5.60. The van der Waals surface area contributed by atoms with Gasteiger partial charge in [0.05, 0.1) is 6.04 Å². The lowest BCUT2D eigenvalue weighted by Crippen LogP contribution is -2.40. The van der Waals surface area contributed by atoms with Crippen molar-refractivity contribution in [3.8, 4) is 0 Å². The number of hydrogen-bond acceptors (Lipinski definition) is 2. The van der Waals surface area contributed by atoms with Gasteiger partial charge in [0.25, 0.3) is 0 Å². The summed E-state index contributed by atoms with van der Waals surface area (Å²) in [7, 11) is 1.85. The molecule has 0 aliphatic heterocycles. The predicted octanol–water partition coefficient (Wildman–Crippen LogP) is 2.55. The maximum absolute atomic E-state index is 12.2. The quantitative estimate of drug-likeness (QED) is 0.804. The molecule has 2 rings (SSSR count). The van der Waals surface area contributed by atoms with E-state index >= 15 is 0 Å². The van der Waals surface area contributed by atoms with Gasteiger partial charge in [-0.15, -0.1) is 0 Å². The molecule has 2 amide bonds. The van der Waals surface area contributed by atoms with Crippen molar-refractivity contribution in [2.24, 2.45) is 5.92 Å². The van der Waals surface area contributed by atoms with Gasteiger partial charge < -0.3 is 15.3 Å². The third-order valence-electron chi connectivity index (χ3n) is 3.73. The van der Waals surface area contributed by atoms with Crippen molar-refractivity contribution in [2.75, 3.05) is 20.2 Å². The van der Waals surface area contributed by atoms with E-state index in [4.69, 9.17) is 5.11 Å². The van der Waals surface area contributed by atoms with Crippen LogP contribution in [0.3, 0.4) is 0 Å². The van der Waals surface area contributed by atoms with Gasteiger partial charge in [-0.3, -0.25) is 0 Å². The molecule has 1 aromatic carbocycles. The lowest BCUT2D eigenvalue weighted by molar-refractivity contribution is 0.200. The molecule has 20 heavy (non-hydrogen) atoms. The highest BCUT2D eigenvalue weighted by Gasteiger charge is 2.25. The topological polar surface area (TPSA) is 52.6 Å². The lowest BCUT2D eigenvalue weighted by atomic mass is 10.0. The molecule has 0 saturated heterocycles. The van der Waals surface area contributed by atoms with Gasteiger partial charge in [-0.1, -0.05) is 30.3 Å². The number of carbonyl (C=O) groups is 1. The summed E-state index contributed by atoms with van der Waals surface area (Å²) in [5.41, 5.74) is 1.09. The summed E-state index contributed by atoms with van der Waals surface area (Å²) >= 11 is 0. The Kier molecular flexibility index (Phi) is 5.41. The van der Waals surface area contributed by atoms with Crippen molar-refractivity contribution >= 4 is 6.03 Å². The number of amides is 2. The van der Waals surface area contributed by atoms with Crippen LogP contribution in [0.1, 0.15) is 37.3 Å². The summed E-state index contributed by atoms with van der Waals surface area (Å²) in [5, 5.41) is 12.1. The van der Waals surface area contributed by atoms with Crippen molar-refractivity contribution in [3.63, 3.8) is 0 Å². The minimum Gasteiger partial charge on any atom is -0.396 e. The summed E-state index contributed by atoms with van der Waals surface area (Å²) in [4.78, 5) is 14.0. The highest BCUT2D eigenvalue weighted by atomic mass is 16.3. The summed E-state index contributed by atoms with van der Waals surface area (Å²) < 4.78 is 0. The first-order chi connectivity index (χ1) is 9.70. The number of aliphatic hydroxyl groups is 1. The first-order valence-corrected chi connectivity index (χ1v) is 7.38. The maximum atomic E-state index is 12.2. The van der Waals surface area contributed by atoms with E-state index in [-0.39, 0.29) is 18.7 Å². The molecule has 1 unspecified atom stereocenters. The summed E-state index contributed by atoms with van der Waals surface area (Å²) in [6, 6.07) is 9.89. The lowest BCUT2D eigenvalue weighted by Gasteiger charge is -2.24. The Morgan fingerprint density at radius 3 is 2.70 bits per heavy atom. The number of nitrogens with one attached hydrogen (secondary N) is 1. The van der Waals surface area contributed by atoms with E-state index in [1.807, 2.05) is 37.4 Å². The fourth-order valence-corrected chi connectivity index (χ4v) is 2.33. The Morgan fingerprint density at radius 2 is 2.10 bits per heavy atom. The van der Waals surface area contributed by atoms with Crippen LogP contribution in [0.4, 0.5) is 4.79 Å². The van der Waals surface area contributed by atoms with Crippen LogP contribution in [0.5, 0.6) is 0 Å². The van der Waals surface area contributed by atoms with Gasteiger partial charge in [0.1, 0.15) is 0 Å². The highest BCUT2D eigenvalue weighted by molar-refractivity contribution is 5.74. The molecule has 0 heterocycles. The molecular formula is C16H24N2O2. The fourth-order valence-electron chi connectivity index (χ4n) is 2.33. The second kappa shape index (κ2) is 7.29. The number of nitrogens with zero attached hydrogens (tertiary/aromatic N) is 1. The standard InChI is InChI=1S/C16H24N2O2/c1-18(12-13-9-10-13)16(20)17-15(8-5-11-19)14-6-3-2-4-7-14/h2-4,6-7,13,15,19H,5,8-12H2,1H3,(H,17,20). The van der Waals surface area contributed by atoms with Gasteiger partial charge >= 0.3 is 6.03 Å². The molecule has 110 valence electrons. The third-order valence-corrected chi connectivity index (χ3v) is 3.73. The van der Waals surface area contributed by atoms with Crippen molar-refractivity contribution in [2.45, 2.75) is 31.7 Å². The number of urea groups is 1. The predicted molar refractivity (Wildman–Crippen MR) is 79.4 cm³/mol. The van der Waals surface area contributed by atoms with Gasteiger partial charge in [0.2, 0.25) is 0 Å². The van der Waals surface area contributed by atoms with Crippen LogP contribution in [-0.4, -0.2) is 36.2 Å². The molecule has 1 aromatic rings. The van der Waals surface area contributed by atoms with Gasteiger partial charge in [-0.05, 0) is 37.2 Å². The Balaban J connectivity index is 1.93. The van der Waals surface area contributed by atoms with Gasteiger partial charge in [0, 0.05) is 20.2 Å². The van der Waals surface area contributed by atoms with E-state index < -0.39 is 0 Å². The minimum absolute atomic E-state index is 0.0244. The average Bonchev–Trinajstić information content (AvgIpc) is 3.28. The molecule has 1 aliphatic rings. The van der Waals surface area contributed by atoms with Gasteiger partial charge in [0.15, 0.2) is 0 Å². The van der Waals surface area contributed by atoms with E-state index in [1.165, 1.54) is 12.8 Å². The van der Waals surface area contributed by atoms with Crippen LogP contribution >= 0.6 is 0 Å². The third kappa shape index (κ3) is 4.53. The molecule has 0 aromatic heterocycles. The monoisotopic (exact) mass is 276 g/mol. The Labute approximate surface area is 120 Å². The zero-order valence-corrected chi connectivity index (χ0v) is 12.1. The molecule has 1 saturated carbocycles. The number of rotatable bonds is 7. The summed E-state index contributed by atoms with van der Waals surface area (Å²) in [6.07, 6.45) is 3.92. The van der Waals surface area contributed by atoms with Crippen molar-refractivity contribution < 1.29 is 9.90 Å². The van der Waals surface area contributed by atoms with Crippen LogP contribution in [0.2, 0.25) is 0 Å². The number of aliphatic hydroxyl groups excluding tert-OH is 1. The number of carbonyl (C=O) groups excluding carboxylic acids is 1. The van der Waals surface area contributed by atoms with Crippen molar-refractivity contribution in [1.82, 2.24) is 10.2 Å². The minimum atomic E-state index is -0.0301. The van der Waals surface area contributed by atoms with Crippen molar-refractivity contribution in [1.29, 1.82) is 0 Å². The zero-order valence-electron chi connectivity index (χ0n) is 12.1. The average molecular weight is 276 g/mol. The Hall–Kier alpha value is -1.55. The normalized spacial score (nSPS) is 15.7. The maximum Gasteiger partial charge on any atom is 0.317 e. The Bertz CT molecular complexity index is 418. The number of benzene rings is 1. The molecule has 0 bridgehead atoms. The molecule has 4 heteroatoms. The first kappa shape index (κ1) is 14.9. The smallest absolute Gasteiger partial charge is 0.317 e. The van der Waals surface area contributed by atoms with E-state index in [2.05, 4.69) is 5.32 Å². The first-order valence-electron chi connectivity index (χ1n) is 7.38. The molecule has 2 N–H and O–H groups in total. The van der Waals surface area contributed by atoms with Crippen LogP contribution in [0, 0.1) is 5.92 Å². The SMILES string of the molecule is CN(CC1CC1)C(=O)NC(CCCO)c1ccccc1. The molecule has 0 spiro atoms. The van der Waals surface area contributed by atoms with Crippen LogP contribution in [-0.2, 0) is 0 Å². The van der Waals surface area contributed by atoms with Gasteiger partial charge in [-0.25, -0.2) is 4.79 Å². The van der Waals surface area contributed by atoms with E-state index in [0.29, 0.717) is 12.3 Å². The Morgan fingerprint density at radius 1 is 1.40 bits per heavy atom. The van der Waals surface area contributed by atoms with Crippen molar-refractivity contribution in [3.05, 3.63) is 35.9 Å². The summed E-state index contributed by atoms with van der Waals surface area (Å²) in [6.45, 7) is 0.991. The molecule has 4 nitrogen and oxygen atoms in total. The van der Waals surface area contributed by atoms with Gasteiger partial charge in [-0.2, -0.15) is 0 Å². The van der Waals surface area contributed by atoms with E-state index in [9.17, 15) is 4.79 Å². The largest absolute Gasteiger partial charge is 0.396 e. The summed E-state index contributed by atoms with van der Waals surface area (Å²) in [5.74, 6) is 0.693. The van der Waals surface area contributed by atoms with E-state index in [0.717, 1.165) is 18.5 Å².